The molecule has 3 aromatic rings. The van der Waals surface area contributed by atoms with Gasteiger partial charge in [0.15, 0.2) is 5.13 Å². The molecule has 182 valence electrons. The molecule has 1 aliphatic carbocycles. The molecule has 0 spiro atoms. The Labute approximate surface area is 200 Å². The fourth-order valence-electron chi connectivity index (χ4n) is 4.19. The van der Waals surface area contributed by atoms with Gasteiger partial charge in [0, 0.05) is 30.3 Å². The van der Waals surface area contributed by atoms with Crippen LogP contribution in [0.25, 0.3) is 11.3 Å². The molecular formula is C25H27F4N3OS. The van der Waals surface area contributed by atoms with Gasteiger partial charge in [-0.25, -0.2) is 4.98 Å². The number of halogens is 4. The number of ether oxygens (including phenoxy) is 1. The van der Waals surface area contributed by atoms with E-state index in [1.165, 1.54) is 25.1 Å². The SMILES string of the molecule is Fc1sc(Nc2ccc(CCCCCOC3CCCC3)c(C(F)(F)F)c2)nc1-c1cccnc1. The number of aromatic nitrogens is 2. The topological polar surface area (TPSA) is 47.0 Å². The molecule has 0 saturated heterocycles. The van der Waals surface area contributed by atoms with Crippen LogP contribution in [0, 0.1) is 5.13 Å². The Kier molecular flexibility index (Phi) is 8.15. The molecule has 0 bridgehead atoms. The van der Waals surface area contributed by atoms with Crippen LogP contribution in [0.3, 0.4) is 0 Å². The minimum atomic E-state index is -4.48. The summed E-state index contributed by atoms with van der Waals surface area (Å²) in [6.07, 6.45) is 6.30. The molecule has 2 aromatic heterocycles. The molecule has 9 heteroatoms. The predicted molar refractivity (Wildman–Crippen MR) is 126 cm³/mol. The van der Waals surface area contributed by atoms with E-state index in [2.05, 4.69) is 15.3 Å². The van der Waals surface area contributed by atoms with Crippen molar-refractivity contribution in [2.75, 3.05) is 11.9 Å². The van der Waals surface area contributed by atoms with Crippen LogP contribution in [0.15, 0.2) is 42.7 Å². The van der Waals surface area contributed by atoms with E-state index in [1.54, 1.807) is 24.4 Å². The third kappa shape index (κ3) is 6.54. The number of aryl methyl sites for hydroxylation is 1. The lowest BCUT2D eigenvalue weighted by Gasteiger charge is -2.15. The van der Waals surface area contributed by atoms with Crippen LogP contribution in [-0.4, -0.2) is 22.7 Å². The number of alkyl halides is 3. The number of hydrogen-bond donors (Lipinski definition) is 1. The summed E-state index contributed by atoms with van der Waals surface area (Å²) in [4.78, 5) is 8.14. The van der Waals surface area contributed by atoms with Crippen LogP contribution in [0.2, 0.25) is 0 Å². The minimum absolute atomic E-state index is 0.116. The second kappa shape index (κ2) is 11.3. The van der Waals surface area contributed by atoms with Gasteiger partial charge in [-0.15, -0.1) is 0 Å². The lowest BCUT2D eigenvalue weighted by atomic mass is 10.00. The third-order valence-corrected chi connectivity index (χ3v) is 6.69. The molecule has 2 heterocycles. The minimum Gasteiger partial charge on any atom is -0.378 e. The summed E-state index contributed by atoms with van der Waals surface area (Å²) in [7, 11) is 0. The van der Waals surface area contributed by atoms with Crippen LogP contribution >= 0.6 is 11.3 Å². The van der Waals surface area contributed by atoms with Gasteiger partial charge in [-0.05, 0) is 61.9 Å². The molecule has 1 saturated carbocycles. The molecule has 1 aromatic carbocycles. The summed E-state index contributed by atoms with van der Waals surface area (Å²) >= 11 is 0.742. The number of anilines is 2. The quantitative estimate of drug-likeness (QED) is 0.231. The standard InChI is InChI=1S/C25H27F4N3OS/c26-23-22(18-8-6-13-30-16-18)32-24(34-23)31-19-12-11-17(21(15-19)25(27,28)29)7-2-1-5-14-33-20-9-3-4-10-20/h6,8,11-13,15-16,20H,1-5,7,9-10,14H2,(H,31,32). The first-order valence-electron chi connectivity index (χ1n) is 11.6. The number of pyridine rings is 1. The van der Waals surface area contributed by atoms with Crippen molar-refractivity contribution in [1.29, 1.82) is 0 Å². The second-order valence-corrected chi connectivity index (χ2v) is 9.41. The highest BCUT2D eigenvalue weighted by atomic mass is 32.1. The Hall–Kier alpha value is -2.52. The number of nitrogens with zero attached hydrogens (tertiary/aromatic N) is 2. The maximum absolute atomic E-state index is 14.3. The monoisotopic (exact) mass is 493 g/mol. The zero-order chi connectivity index (χ0) is 24.0. The smallest absolute Gasteiger partial charge is 0.378 e. The van der Waals surface area contributed by atoms with Crippen molar-refractivity contribution in [2.24, 2.45) is 0 Å². The Bertz CT molecular complexity index is 1070. The van der Waals surface area contributed by atoms with Crippen molar-refractivity contribution in [3.05, 3.63) is 59.0 Å². The normalized spacial score (nSPS) is 14.6. The molecule has 0 amide bonds. The van der Waals surface area contributed by atoms with E-state index in [0.29, 0.717) is 31.1 Å². The number of rotatable bonds is 10. The van der Waals surface area contributed by atoms with E-state index in [4.69, 9.17) is 4.74 Å². The van der Waals surface area contributed by atoms with Gasteiger partial charge >= 0.3 is 6.18 Å². The van der Waals surface area contributed by atoms with E-state index < -0.39 is 16.9 Å². The number of benzene rings is 1. The molecule has 4 rings (SSSR count). The van der Waals surface area contributed by atoms with Gasteiger partial charge < -0.3 is 10.1 Å². The summed E-state index contributed by atoms with van der Waals surface area (Å²) in [6, 6.07) is 7.48. The lowest BCUT2D eigenvalue weighted by Crippen LogP contribution is -2.10. The highest BCUT2D eigenvalue weighted by Gasteiger charge is 2.33. The van der Waals surface area contributed by atoms with Gasteiger partial charge in [0.1, 0.15) is 5.69 Å². The van der Waals surface area contributed by atoms with E-state index >= 15 is 0 Å². The molecule has 1 aliphatic rings. The van der Waals surface area contributed by atoms with Gasteiger partial charge in [-0.2, -0.15) is 17.6 Å². The van der Waals surface area contributed by atoms with E-state index in [-0.39, 0.29) is 22.1 Å². The molecule has 0 radical (unpaired) electrons. The molecular weight excluding hydrogens is 466 g/mol. The highest BCUT2D eigenvalue weighted by molar-refractivity contribution is 7.14. The summed E-state index contributed by atoms with van der Waals surface area (Å²) < 4.78 is 61.4. The van der Waals surface area contributed by atoms with Crippen LogP contribution in [0.4, 0.5) is 28.4 Å². The molecule has 0 aliphatic heterocycles. The van der Waals surface area contributed by atoms with Crippen molar-refractivity contribution >= 4 is 22.2 Å². The summed E-state index contributed by atoms with van der Waals surface area (Å²) in [5.41, 5.74) is 0.419. The first kappa shape index (κ1) is 24.6. The average Bonchev–Trinajstić information content (AvgIpc) is 3.46. The Morgan fingerprint density at radius 1 is 1.09 bits per heavy atom. The Morgan fingerprint density at radius 3 is 2.65 bits per heavy atom. The molecule has 1 fully saturated rings. The van der Waals surface area contributed by atoms with Gasteiger partial charge in [0.25, 0.3) is 0 Å². The summed E-state index contributed by atoms with van der Waals surface area (Å²) in [6.45, 7) is 0.672. The van der Waals surface area contributed by atoms with Gasteiger partial charge in [0.05, 0.1) is 11.7 Å². The number of thiazole rings is 1. The number of hydrogen-bond acceptors (Lipinski definition) is 5. The second-order valence-electron chi connectivity index (χ2n) is 8.47. The third-order valence-electron chi connectivity index (χ3n) is 5.93. The van der Waals surface area contributed by atoms with Crippen molar-refractivity contribution in [1.82, 2.24) is 9.97 Å². The van der Waals surface area contributed by atoms with E-state index in [1.807, 2.05) is 0 Å². The molecule has 1 N–H and O–H groups in total. The Morgan fingerprint density at radius 2 is 1.91 bits per heavy atom. The highest BCUT2D eigenvalue weighted by Crippen LogP contribution is 2.36. The summed E-state index contributed by atoms with van der Waals surface area (Å²) in [5.74, 6) is 0. The van der Waals surface area contributed by atoms with E-state index in [9.17, 15) is 17.6 Å². The van der Waals surface area contributed by atoms with Gasteiger partial charge in [-0.1, -0.05) is 36.7 Å². The number of nitrogens with one attached hydrogen (secondary N) is 1. The lowest BCUT2D eigenvalue weighted by molar-refractivity contribution is -0.138. The zero-order valence-electron chi connectivity index (χ0n) is 18.7. The van der Waals surface area contributed by atoms with Crippen molar-refractivity contribution in [2.45, 2.75) is 63.6 Å². The van der Waals surface area contributed by atoms with Crippen molar-refractivity contribution in [3.8, 4) is 11.3 Å². The van der Waals surface area contributed by atoms with Crippen molar-refractivity contribution in [3.63, 3.8) is 0 Å². The molecule has 0 unspecified atom stereocenters. The molecule has 4 nitrogen and oxygen atoms in total. The van der Waals surface area contributed by atoms with Crippen LogP contribution in [-0.2, 0) is 17.3 Å². The Balaban J connectivity index is 1.37. The average molecular weight is 494 g/mol. The molecule has 0 atom stereocenters. The summed E-state index contributed by atoms with van der Waals surface area (Å²) in [5, 5.41) is 2.47. The fraction of sp³-hybridized carbons (Fsp3) is 0.440. The van der Waals surface area contributed by atoms with Gasteiger partial charge in [0.2, 0.25) is 5.13 Å². The predicted octanol–water partition coefficient (Wildman–Crippen LogP) is 7.78. The van der Waals surface area contributed by atoms with Crippen LogP contribution in [0.1, 0.15) is 56.1 Å². The van der Waals surface area contributed by atoms with E-state index in [0.717, 1.165) is 43.1 Å². The largest absolute Gasteiger partial charge is 0.416 e. The maximum Gasteiger partial charge on any atom is 0.416 e. The van der Waals surface area contributed by atoms with Crippen LogP contribution in [0.5, 0.6) is 0 Å². The first-order chi connectivity index (χ1) is 16.4. The van der Waals surface area contributed by atoms with Crippen LogP contribution < -0.4 is 5.32 Å². The first-order valence-corrected chi connectivity index (χ1v) is 12.4. The van der Waals surface area contributed by atoms with Gasteiger partial charge in [-0.3, -0.25) is 4.98 Å². The van der Waals surface area contributed by atoms with Crippen molar-refractivity contribution < 1.29 is 22.3 Å². The zero-order valence-corrected chi connectivity index (χ0v) is 19.5. The molecule has 34 heavy (non-hydrogen) atoms. The fourth-order valence-corrected chi connectivity index (χ4v) is 4.93. The maximum atomic E-state index is 14.3. The number of unbranched alkanes of at least 4 members (excludes halogenated alkanes) is 2.